The van der Waals surface area contributed by atoms with Gasteiger partial charge in [-0.15, -0.1) is 0 Å². The van der Waals surface area contributed by atoms with E-state index in [-0.39, 0.29) is 11.8 Å². The Balaban J connectivity index is 2.09. The highest BCUT2D eigenvalue weighted by molar-refractivity contribution is 5.68. The van der Waals surface area contributed by atoms with Crippen LogP contribution in [0.1, 0.15) is 32.6 Å². The van der Waals surface area contributed by atoms with Gasteiger partial charge in [-0.3, -0.25) is 4.79 Å². The molecule has 2 fully saturated rings. The van der Waals surface area contributed by atoms with Crippen molar-refractivity contribution in [1.82, 2.24) is 0 Å². The van der Waals surface area contributed by atoms with Gasteiger partial charge in [-0.2, -0.15) is 0 Å². The Bertz CT molecular complexity index is 311. The topological polar surface area (TPSA) is 63.3 Å². The Kier molecular flexibility index (Phi) is 2.59. The second kappa shape index (κ2) is 3.63. The van der Waals surface area contributed by atoms with Gasteiger partial charge in [0.1, 0.15) is 0 Å². The minimum absolute atomic E-state index is 0.0960. The Morgan fingerprint density at radius 3 is 2.93 bits per heavy atom. The summed E-state index contributed by atoms with van der Waals surface area (Å²) in [6.45, 7) is 2.60. The highest BCUT2D eigenvalue weighted by Gasteiger charge is 2.56. The lowest BCUT2D eigenvalue weighted by atomic mass is 9.53. The molecule has 0 aliphatic heterocycles. The summed E-state index contributed by atoms with van der Waals surface area (Å²) in [5.41, 5.74) is 7.17. The average molecular weight is 209 g/mol. The molecule has 0 bridgehead atoms. The first-order chi connectivity index (χ1) is 7.11. The molecule has 15 heavy (non-hydrogen) atoms. The van der Waals surface area contributed by atoms with Crippen LogP contribution in [0.5, 0.6) is 0 Å². The largest absolute Gasteiger partial charge is 0.481 e. The van der Waals surface area contributed by atoms with Gasteiger partial charge in [0.05, 0.1) is 6.42 Å². The van der Waals surface area contributed by atoms with Crippen molar-refractivity contribution in [3.63, 3.8) is 0 Å². The molecule has 0 spiro atoms. The van der Waals surface area contributed by atoms with Gasteiger partial charge in [0, 0.05) is 0 Å². The van der Waals surface area contributed by atoms with Crippen LogP contribution in [0.15, 0.2) is 11.6 Å². The lowest BCUT2D eigenvalue weighted by Gasteiger charge is -2.51. The molecule has 0 aromatic carbocycles. The van der Waals surface area contributed by atoms with Crippen molar-refractivity contribution in [2.75, 3.05) is 6.54 Å². The number of aliphatic carboxylic acids is 1. The number of nitrogens with two attached hydrogens (primary N) is 1. The molecule has 3 nitrogen and oxygen atoms in total. The second-order valence-electron chi connectivity index (χ2n) is 5.06. The Labute approximate surface area is 90.3 Å². The summed E-state index contributed by atoms with van der Waals surface area (Å²) in [7, 11) is 0. The smallest absolute Gasteiger partial charge is 0.303 e. The van der Waals surface area contributed by atoms with Crippen LogP contribution in [0.3, 0.4) is 0 Å². The zero-order valence-electron chi connectivity index (χ0n) is 9.20. The highest BCUT2D eigenvalue weighted by atomic mass is 16.4. The van der Waals surface area contributed by atoms with E-state index in [1.54, 1.807) is 0 Å². The fourth-order valence-electron chi connectivity index (χ4n) is 3.50. The molecule has 0 aromatic rings. The van der Waals surface area contributed by atoms with Crippen LogP contribution < -0.4 is 5.73 Å². The molecule has 2 aliphatic carbocycles. The lowest BCUT2D eigenvalue weighted by molar-refractivity contribution is -0.145. The maximum atomic E-state index is 10.8. The quantitative estimate of drug-likeness (QED) is 0.696. The summed E-state index contributed by atoms with van der Waals surface area (Å²) < 4.78 is 0. The third-order valence-corrected chi connectivity index (χ3v) is 4.35. The van der Waals surface area contributed by atoms with Crippen LogP contribution in [0.4, 0.5) is 0 Å². The van der Waals surface area contributed by atoms with Crippen LogP contribution in [0, 0.1) is 17.3 Å². The van der Waals surface area contributed by atoms with E-state index in [0.717, 1.165) is 12.8 Å². The first-order valence-electron chi connectivity index (χ1n) is 5.67. The molecule has 2 aliphatic rings. The number of fused-ring (bicyclic) bond motifs is 1. The maximum absolute atomic E-state index is 10.8. The van der Waals surface area contributed by atoms with E-state index >= 15 is 0 Å². The van der Waals surface area contributed by atoms with E-state index in [9.17, 15) is 4.79 Å². The van der Waals surface area contributed by atoms with Crippen LogP contribution >= 0.6 is 0 Å². The summed E-state index contributed by atoms with van der Waals surface area (Å²) in [5, 5.41) is 8.92. The first kappa shape index (κ1) is 10.7. The minimum atomic E-state index is -0.701. The average Bonchev–Trinajstić information content (AvgIpc) is 2.53. The van der Waals surface area contributed by atoms with Crippen molar-refractivity contribution in [1.29, 1.82) is 0 Å². The molecular formula is C12H19NO2. The summed E-state index contributed by atoms with van der Waals surface area (Å²) in [6.07, 6.45) is 5.69. The zero-order valence-corrected chi connectivity index (χ0v) is 9.20. The number of hydrogen-bond donors (Lipinski definition) is 2. The normalized spacial score (nSPS) is 41.3. The number of hydrogen-bond acceptors (Lipinski definition) is 2. The standard InChI is InChI=1S/C12H19NO2/c1-2-8-3-9-5-12(7-13,6-11(14)15)10(9)4-8/h2,9-10H,3-7,13H2,1H3,(H,14,15)/b8-2+/t9-,10-,12-/m0/s1. The Morgan fingerprint density at radius 2 is 2.40 bits per heavy atom. The molecule has 84 valence electrons. The maximum Gasteiger partial charge on any atom is 0.303 e. The summed E-state index contributed by atoms with van der Waals surface area (Å²) >= 11 is 0. The zero-order chi connectivity index (χ0) is 11.1. The molecule has 3 N–H and O–H groups in total. The van der Waals surface area contributed by atoms with Crippen LogP contribution in [0.25, 0.3) is 0 Å². The molecule has 2 rings (SSSR count). The molecule has 0 aromatic heterocycles. The van der Waals surface area contributed by atoms with Gasteiger partial charge in [-0.1, -0.05) is 11.6 Å². The summed E-state index contributed by atoms with van der Waals surface area (Å²) in [4.78, 5) is 10.8. The van der Waals surface area contributed by atoms with Crippen molar-refractivity contribution in [3.05, 3.63) is 11.6 Å². The van der Waals surface area contributed by atoms with Gasteiger partial charge in [0.25, 0.3) is 0 Å². The van der Waals surface area contributed by atoms with Crippen LogP contribution in [0.2, 0.25) is 0 Å². The summed E-state index contributed by atoms with van der Waals surface area (Å²) in [5.74, 6) is 0.539. The molecule has 3 atom stereocenters. The molecule has 0 amide bonds. The lowest BCUT2D eigenvalue weighted by Crippen LogP contribution is -2.51. The monoisotopic (exact) mass is 209 g/mol. The minimum Gasteiger partial charge on any atom is -0.481 e. The van der Waals surface area contributed by atoms with Gasteiger partial charge < -0.3 is 10.8 Å². The fraction of sp³-hybridized carbons (Fsp3) is 0.750. The predicted molar refractivity (Wildman–Crippen MR) is 58.3 cm³/mol. The molecule has 2 saturated carbocycles. The van der Waals surface area contributed by atoms with E-state index in [0.29, 0.717) is 18.4 Å². The number of allylic oxidation sites excluding steroid dienone is 2. The van der Waals surface area contributed by atoms with Gasteiger partial charge >= 0.3 is 5.97 Å². The molecule has 0 radical (unpaired) electrons. The van der Waals surface area contributed by atoms with E-state index < -0.39 is 5.97 Å². The fourth-order valence-corrected chi connectivity index (χ4v) is 3.50. The number of rotatable bonds is 3. The van der Waals surface area contributed by atoms with Gasteiger partial charge in [-0.05, 0) is 50.0 Å². The Morgan fingerprint density at radius 1 is 1.67 bits per heavy atom. The van der Waals surface area contributed by atoms with Crippen LogP contribution in [-0.4, -0.2) is 17.6 Å². The number of carboxylic acids is 1. The van der Waals surface area contributed by atoms with Crippen molar-refractivity contribution in [2.45, 2.75) is 32.6 Å². The van der Waals surface area contributed by atoms with E-state index in [2.05, 4.69) is 13.0 Å². The number of carboxylic acid groups (broad SMARTS) is 1. The van der Waals surface area contributed by atoms with Gasteiger partial charge in [0.15, 0.2) is 0 Å². The van der Waals surface area contributed by atoms with E-state index in [4.69, 9.17) is 10.8 Å². The Hall–Kier alpha value is -0.830. The van der Waals surface area contributed by atoms with Crippen molar-refractivity contribution in [2.24, 2.45) is 23.0 Å². The van der Waals surface area contributed by atoms with Gasteiger partial charge in [-0.25, -0.2) is 0 Å². The first-order valence-corrected chi connectivity index (χ1v) is 5.67. The third-order valence-electron chi connectivity index (χ3n) is 4.35. The van der Waals surface area contributed by atoms with Crippen molar-refractivity contribution in [3.8, 4) is 0 Å². The van der Waals surface area contributed by atoms with Gasteiger partial charge in [0.2, 0.25) is 0 Å². The predicted octanol–water partition coefficient (Wildman–Crippen LogP) is 1.78. The molecule has 0 unspecified atom stereocenters. The molecule has 0 saturated heterocycles. The van der Waals surface area contributed by atoms with E-state index in [1.807, 2.05) is 0 Å². The molecule has 3 heteroatoms. The van der Waals surface area contributed by atoms with Crippen molar-refractivity contribution >= 4 is 5.97 Å². The van der Waals surface area contributed by atoms with Crippen LogP contribution in [-0.2, 0) is 4.79 Å². The SMILES string of the molecule is C/C=C1\C[C@H]2C[C@@](CN)(CC(=O)O)[C@H]2C1. The van der Waals surface area contributed by atoms with Crippen molar-refractivity contribution < 1.29 is 9.90 Å². The second-order valence-corrected chi connectivity index (χ2v) is 5.06. The molecule has 0 heterocycles. The highest BCUT2D eigenvalue weighted by Crippen LogP contribution is 2.61. The third kappa shape index (κ3) is 1.59. The summed E-state index contributed by atoms with van der Waals surface area (Å²) in [6, 6.07) is 0. The molecular weight excluding hydrogens is 190 g/mol. The number of carbonyl (C=O) groups is 1. The van der Waals surface area contributed by atoms with E-state index in [1.165, 1.54) is 12.0 Å².